The van der Waals surface area contributed by atoms with Crippen molar-refractivity contribution in [1.29, 1.82) is 5.26 Å². The smallest absolute Gasteiger partial charge is 0.329 e. The number of anilines is 1. The van der Waals surface area contributed by atoms with Crippen LogP contribution in [0, 0.1) is 25.2 Å². The number of carboxylic acid groups (broad SMARTS) is 1. The highest BCUT2D eigenvalue weighted by Crippen LogP contribution is 2.34. The third-order valence-corrected chi connectivity index (χ3v) is 4.04. The fraction of sp³-hybridized carbons (Fsp3) is 0.533. The SMILES string of the molecule is Cc1cc(C)c(C#N)c(N2CCCCC2(C)C(=O)O)n1. The third kappa shape index (κ3) is 2.22. The van der Waals surface area contributed by atoms with Crippen LogP contribution in [0.15, 0.2) is 6.07 Å². The van der Waals surface area contributed by atoms with Crippen LogP contribution in [0.5, 0.6) is 0 Å². The molecule has 0 amide bonds. The number of aryl methyl sites for hydroxylation is 2. The zero-order chi connectivity index (χ0) is 14.9. The molecule has 0 bridgehead atoms. The number of carboxylic acids is 1. The van der Waals surface area contributed by atoms with Crippen LogP contribution in [0.25, 0.3) is 0 Å². The van der Waals surface area contributed by atoms with Crippen molar-refractivity contribution in [2.75, 3.05) is 11.4 Å². The maximum atomic E-state index is 11.7. The van der Waals surface area contributed by atoms with E-state index in [0.717, 1.165) is 24.1 Å². The summed E-state index contributed by atoms with van der Waals surface area (Å²) in [6.45, 7) is 6.06. The Morgan fingerprint density at radius 3 is 2.80 bits per heavy atom. The first kappa shape index (κ1) is 14.3. The number of aliphatic carboxylic acids is 1. The highest BCUT2D eigenvalue weighted by Gasteiger charge is 2.43. The molecular weight excluding hydrogens is 254 g/mol. The zero-order valence-corrected chi connectivity index (χ0v) is 12.1. The summed E-state index contributed by atoms with van der Waals surface area (Å²) in [6, 6.07) is 4.02. The second-order valence-corrected chi connectivity index (χ2v) is 5.58. The normalized spacial score (nSPS) is 22.4. The van der Waals surface area contributed by atoms with Gasteiger partial charge >= 0.3 is 5.97 Å². The van der Waals surface area contributed by atoms with E-state index >= 15 is 0 Å². The van der Waals surface area contributed by atoms with Gasteiger partial charge in [-0.3, -0.25) is 0 Å². The molecule has 1 aliphatic heterocycles. The van der Waals surface area contributed by atoms with E-state index in [-0.39, 0.29) is 0 Å². The summed E-state index contributed by atoms with van der Waals surface area (Å²) in [4.78, 5) is 17.9. The summed E-state index contributed by atoms with van der Waals surface area (Å²) in [7, 11) is 0. The molecule has 2 heterocycles. The quantitative estimate of drug-likeness (QED) is 0.895. The van der Waals surface area contributed by atoms with Gasteiger partial charge in [0, 0.05) is 12.2 Å². The Labute approximate surface area is 118 Å². The van der Waals surface area contributed by atoms with Gasteiger partial charge in [0.05, 0.1) is 5.56 Å². The number of aromatic nitrogens is 1. The lowest BCUT2D eigenvalue weighted by Gasteiger charge is -2.43. The number of nitrogens with zero attached hydrogens (tertiary/aromatic N) is 3. The topological polar surface area (TPSA) is 77.2 Å². The van der Waals surface area contributed by atoms with Gasteiger partial charge in [0.1, 0.15) is 17.4 Å². The van der Waals surface area contributed by atoms with Crippen LogP contribution < -0.4 is 4.90 Å². The van der Waals surface area contributed by atoms with Crippen molar-refractivity contribution >= 4 is 11.8 Å². The van der Waals surface area contributed by atoms with Gasteiger partial charge in [-0.2, -0.15) is 5.26 Å². The van der Waals surface area contributed by atoms with Crippen LogP contribution >= 0.6 is 0 Å². The highest BCUT2D eigenvalue weighted by atomic mass is 16.4. The minimum atomic E-state index is -0.989. The van der Waals surface area contributed by atoms with Crippen molar-refractivity contribution < 1.29 is 9.90 Å². The van der Waals surface area contributed by atoms with Gasteiger partial charge in [-0.15, -0.1) is 0 Å². The summed E-state index contributed by atoms with van der Waals surface area (Å²) < 4.78 is 0. The summed E-state index contributed by atoms with van der Waals surface area (Å²) in [5.74, 6) is -0.350. The number of carbonyl (C=O) groups is 1. The average Bonchev–Trinajstić information content (AvgIpc) is 2.38. The Morgan fingerprint density at radius 2 is 2.20 bits per heavy atom. The Balaban J connectivity index is 2.59. The first-order valence-corrected chi connectivity index (χ1v) is 6.79. The lowest BCUT2D eigenvalue weighted by molar-refractivity contribution is -0.143. The highest BCUT2D eigenvalue weighted by molar-refractivity contribution is 5.83. The van der Waals surface area contributed by atoms with Gasteiger partial charge in [0.2, 0.25) is 0 Å². The summed E-state index contributed by atoms with van der Waals surface area (Å²) in [6.07, 6.45) is 2.37. The fourth-order valence-electron chi connectivity index (χ4n) is 2.83. The van der Waals surface area contributed by atoms with Crippen LogP contribution in [-0.4, -0.2) is 28.1 Å². The number of nitriles is 1. The Hall–Kier alpha value is -2.09. The molecule has 0 saturated carbocycles. The molecule has 2 rings (SSSR count). The second kappa shape index (κ2) is 5.12. The van der Waals surface area contributed by atoms with E-state index in [1.807, 2.05) is 19.9 Å². The predicted molar refractivity (Wildman–Crippen MR) is 75.7 cm³/mol. The summed E-state index contributed by atoms with van der Waals surface area (Å²) >= 11 is 0. The van der Waals surface area contributed by atoms with Gasteiger partial charge in [0.25, 0.3) is 0 Å². The number of hydrogen-bond donors (Lipinski definition) is 1. The standard InChI is InChI=1S/C15H19N3O2/c1-10-8-11(2)17-13(12(10)9-16)18-7-5-4-6-15(18,3)14(19)20/h8H,4-7H2,1-3H3,(H,19,20). The maximum Gasteiger partial charge on any atom is 0.329 e. The summed E-state index contributed by atoms with van der Waals surface area (Å²) in [5, 5.41) is 18.9. The molecule has 1 atom stereocenters. The second-order valence-electron chi connectivity index (χ2n) is 5.58. The minimum absolute atomic E-state index is 0.477. The molecule has 1 fully saturated rings. The molecule has 20 heavy (non-hydrogen) atoms. The van der Waals surface area contributed by atoms with Gasteiger partial charge in [-0.25, -0.2) is 9.78 Å². The molecule has 5 nitrogen and oxygen atoms in total. The molecule has 1 unspecified atom stereocenters. The van der Waals surface area contributed by atoms with Crippen LogP contribution in [0.2, 0.25) is 0 Å². The Morgan fingerprint density at radius 1 is 1.50 bits per heavy atom. The van der Waals surface area contributed by atoms with Gasteiger partial charge in [-0.1, -0.05) is 0 Å². The van der Waals surface area contributed by atoms with Crippen molar-refractivity contribution in [3.05, 3.63) is 22.9 Å². The van der Waals surface area contributed by atoms with Crippen molar-refractivity contribution in [2.24, 2.45) is 0 Å². The first-order chi connectivity index (χ1) is 9.40. The fourth-order valence-corrected chi connectivity index (χ4v) is 2.83. The molecule has 1 N–H and O–H groups in total. The van der Waals surface area contributed by atoms with Crippen molar-refractivity contribution in [3.63, 3.8) is 0 Å². The van der Waals surface area contributed by atoms with E-state index < -0.39 is 11.5 Å². The Kier molecular flexibility index (Phi) is 3.67. The lowest BCUT2D eigenvalue weighted by Crippen LogP contribution is -2.56. The van der Waals surface area contributed by atoms with Crippen LogP contribution in [-0.2, 0) is 4.79 Å². The number of rotatable bonds is 2. The molecule has 1 aromatic heterocycles. The van der Waals surface area contributed by atoms with Gasteiger partial charge in [0.15, 0.2) is 0 Å². The van der Waals surface area contributed by atoms with Gasteiger partial charge < -0.3 is 10.0 Å². The molecule has 1 aromatic rings. The first-order valence-electron chi connectivity index (χ1n) is 6.79. The monoisotopic (exact) mass is 273 g/mol. The largest absolute Gasteiger partial charge is 0.480 e. The van der Waals surface area contributed by atoms with Crippen molar-refractivity contribution in [1.82, 2.24) is 4.98 Å². The van der Waals surface area contributed by atoms with Crippen LogP contribution in [0.4, 0.5) is 5.82 Å². The van der Waals surface area contributed by atoms with Crippen LogP contribution in [0.3, 0.4) is 0 Å². The molecule has 0 aliphatic carbocycles. The summed E-state index contributed by atoms with van der Waals surface area (Å²) in [5.41, 5.74) is 1.13. The van der Waals surface area contributed by atoms with E-state index in [9.17, 15) is 15.2 Å². The lowest BCUT2D eigenvalue weighted by atomic mass is 9.88. The van der Waals surface area contributed by atoms with Gasteiger partial charge in [-0.05, 0) is 51.7 Å². The Bertz CT molecular complexity index is 592. The van der Waals surface area contributed by atoms with E-state index in [1.165, 1.54) is 0 Å². The van der Waals surface area contributed by atoms with E-state index in [1.54, 1.807) is 11.8 Å². The molecule has 0 radical (unpaired) electrons. The van der Waals surface area contributed by atoms with E-state index in [2.05, 4.69) is 11.1 Å². The minimum Gasteiger partial charge on any atom is -0.480 e. The molecule has 1 aliphatic rings. The molecule has 0 aromatic carbocycles. The van der Waals surface area contributed by atoms with E-state index in [0.29, 0.717) is 24.3 Å². The number of pyridine rings is 1. The predicted octanol–water partition coefficient (Wildman–Crippen LogP) is 2.40. The van der Waals surface area contributed by atoms with Crippen LogP contribution in [0.1, 0.15) is 43.0 Å². The molecule has 5 heteroatoms. The zero-order valence-electron chi connectivity index (χ0n) is 12.1. The number of piperidine rings is 1. The molecule has 0 spiro atoms. The molecule has 106 valence electrons. The molecular formula is C15H19N3O2. The van der Waals surface area contributed by atoms with Crippen molar-refractivity contribution in [2.45, 2.75) is 45.6 Å². The number of hydrogen-bond acceptors (Lipinski definition) is 4. The molecule has 1 saturated heterocycles. The van der Waals surface area contributed by atoms with E-state index in [4.69, 9.17) is 0 Å². The average molecular weight is 273 g/mol. The van der Waals surface area contributed by atoms with Crippen molar-refractivity contribution in [3.8, 4) is 6.07 Å². The third-order valence-electron chi connectivity index (χ3n) is 4.04. The maximum absolute atomic E-state index is 11.7.